The van der Waals surface area contributed by atoms with Gasteiger partial charge in [0.15, 0.2) is 0 Å². The molecule has 2 N–H and O–H groups in total. The molecule has 3 rings (SSSR count). The molecule has 0 radical (unpaired) electrons. The van der Waals surface area contributed by atoms with Gasteiger partial charge in [-0.15, -0.1) is 0 Å². The van der Waals surface area contributed by atoms with Crippen LogP contribution in [0.1, 0.15) is 12.8 Å². The van der Waals surface area contributed by atoms with Crippen LogP contribution in [0.3, 0.4) is 0 Å². The van der Waals surface area contributed by atoms with Crippen molar-refractivity contribution >= 4 is 22.4 Å². The van der Waals surface area contributed by atoms with E-state index in [0.29, 0.717) is 13.0 Å². The first kappa shape index (κ1) is 11.8. The van der Waals surface area contributed by atoms with Gasteiger partial charge in [0.05, 0.1) is 11.7 Å². The lowest BCUT2D eigenvalue weighted by atomic mass is 10.1. The molecule has 0 bridgehead atoms. The minimum atomic E-state index is -0.772. The topological polar surface area (TPSA) is 58.6 Å². The number of hydrogen-bond donors (Lipinski definition) is 2. The van der Waals surface area contributed by atoms with Crippen molar-refractivity contribution in [1.29, 1.82) is 0 Å². The molecule has 1 heterocycles. The van der Waals surface area contributed by atoms with Crippen molar-refractivity contribution in [3.63, 3.8) is 0 Å². The summed E-state index contributed by atoms with van der Waals surface area (Å²) in [6.07, 6.45) is 0.728. The van der Waals surface area contributed by atoms with Crippen LogP contribution in [-0.2, 0) is 4.79 Å². The van der Waals surface area contributed by atoms with Crippen molar-refractivity contribution in [2.24, 2.45) is 0 Å². The first-order valence-corrected chi connectivity index (χ1v) is 6.37. The number of fused-ring (bicyclic) bond motifs is 3. The summed E-state index contributed by atoms with van der Waals surface area (Å²) in [4.78, 5) is 10.6. The summed E-state index contributed by atoms with van der Waals surface area (Å²) in [6, 6.07) is 12.2. The minimum Gasteiger partial charge on any atom is -0.489 e. The van der Waals surface area contributed by atoms with E-state index >= 15 is 0 Å². The Morgan fingerprint density at radius 1 is 1.32 bits per heavy atom. The van der Waals surface area contributed by atoms with Crippen LogP contribution in [0.2, 0.25) is 0 Å². The number of hydrogen-bond acceptors (Lipinski definition) is 3. The zero-order valence-electron chi connectivity index (χ0n) is 10.4. The summed E-state index contributed by atoms with van der Waals surface area (Å²) in [5.41, 5.74) is 0.945. The molecular formula is C15H15NO3. The van der Waals surface area contributed by atoms with E-state index in [-0.39, 0.29) is 12.5 Å². The third-order valence-electron chi connectivity index (χ3n) is 3.37. The Labute approximate surface area is 111 Å². The van der Waals surface area contributed by atoms with Gasteiger partial charge < -0.3 is 15.2 Å². The number of aliphatic carboxylic acids is 1. The van der Waals surface area contributed by atoms with Crippen molar-refractivity contribution in [2.45, 2.75) is 18.9 Å². The van der Waals surface area contributed by atoms with E-state index in [0.717, 1.165) is 22.2 Å². The highest BCUT2D eigenvalue weighted by Gasteiger charge is 2.21. The third-order valence-corrected chi connectivity index (χ3v) is 3.37. The van der Waals surface area contributed by atoms with Crippen molar-refractivity contribution in [2.75, 3.05) is 11.9 Å². The second-order valence-electron chi connectivity index (χ2n) is 4.75. The quantitative estimate of drug-likeness (QED) is 0.887. The molecule has 4 nitrogen and oxygen atoms in total. The fourth-order valence-corrected chi connectivity index (χ4v) is 2.41. The maximum Gasteiger partial charge on any atom is 0.303 e. The Balaban J connectivity index is 1.86. The number of carbonyl (C=O) groups is 1. The lowest BCUT2D eigenvalue weighted by molar-refractivity contribution is -0.137. The summed E-state index contributed by atoms with van der Waals surface area (Å²) in [7, 11) is 0. The molecule has 0 aliphatic carbocycles. The average Bonchev–Trinajstić information content (AvgIpc) is 2.44. The highest BCUT2D eigenvalue weighted by atomic mass is 16.5. The van der Waals surface area contributed by atoms with Gasteiger partial charge >= 0.3 is 5.97 Å². The molecule has 0 spiro atoms. The van der Waals surface area contributed by atoms with Crippen molar-refractivity contribution < 1.29 is 14.6 Å². The van der Waals surface area contributed by atoms with Crippen LogP contribution in [0.15, 0.2) is 36.4 Å². The summed E-state index contributed by atoms with van der Waals surface area (Å²) in [5.74, 6) is 0.0933. The van der Waals surface area contributed by atoms with E-state index in [1.165, 1.54) is 0 Å². The van der Waals surface area contributed by atoms with Crippen LogP contribution < -0.4 is 10.1 Å². The van der Waals surface area contributed by atoms with Gasteiger partial charge in [-0.2, -0.15) is 0 Å². The monoisotopic (exact) mass is 257 g/mol. The highest BCUT2D eigenvalue weighted by Crippen LogP contribution is 2.36. The first-order valence-electron chi connectivity index (χ1n) is 6.37. The van der Waals surface area contributed by atoms with Gasteiger partial charge in [-0.3, -0.25) is 4.79 Å². The molecule has 2 aromatic carbocycles. The van der Waals surface area contributed by atoms with Crippen LogP contribution in [0.5, 0.6) is 5.75 Å². The summed E-state index contributed by atoms with van der Waals surface area (Å²) >= 11 is 0. The van der Waals surface area contributed by atoms with Gasteiger partial charge in [-0.05, 0) is 17.9 Å². The molecule has 0 saturated heterocycles. The number of rotatable bonds is 3. The van der Waals surface area contributed by atoms with Crippen molar-refractivity contribution in [3.8, 4) is 5.75 Å². The maximum atomic E-state index is 10.6. The molecule has 19 heavy (non-hydrogen) atoms. The van der Waals surface area contributed by atoms with E-state index in [4.69, 9.17) is 9.84 Å². The normalized spacial score (nSPS) is 17.4. The van der Waals surface area contributed by atoms with Crippen LogP contribution in [0.4, 0.5) is 5.69 Å². The molecule has 1 unspecified atom stereocenters. The van der Waals surface area contributed by atoms with Crippen LogP contribution in [0.25, 0.3) is 10.8 Å². The van der Waals surface area contributed by atoms with Gasteiger partial charge in [0, 0.05) is 11.8 Å². The number of ether oxygens (including phenoxy) is 1. The Morgan fingerprint density at radius 3 is 3.00 bits per heavy atom. The number of nitrogens with one attached hydrogen (secondary N) is 1. The molecule has 4 heteroatoms. The predicted octanol–water partition coefficient (Wildman–Crippen LogP) is 2.88. The van der Waals surface area contributed by atoms with E-state index in [1.54, 1.807) is 0 Å². The maximum absolute atomic E-state index is 10.6. The number of benzene rings is 2. The molecule has 0 saturated carbocycles. The third kappa shape index (κ3) is 2.34. The number of anilines is 1. The Hall–Kier alpha value is -2.23. The van der Waals surface area contributed by atoms with E-state index in [1.807, 2.05) is 30.3 Å². The van der Waals surface area contributed by atoms with Crippen molar-refractivity contribution in [1.82, 2.24) is 0 Å². The zero-order chi connectivity index (χ0) is 13.2. The summed E-state index contributed by atoms with van der Waals surface area (Å²) in [5, 5.41) is 14.3. The highest BCUT2D eigenvalue weighted by molar-refractivity contribution is 5.93. The van der Waals surface area contributed by atoms with Crippen molar-refractivity contribution in [3.05, 3.63) is 36.4 Å². The number of carboxylic acids is 1. The second-order valence-corrected chi connectivity index (χ2v) is 4.75. The van der Waals surface area contributed by atoms with Gasteiger partial charge in [-0.25, -0.2) is 0 Å². The molecule has 2 aromatic rings. The largest absolute Gasteiger partial charge is 0.489 e. The summed E-state index contributed by atoms with van der Waals surface area (Å²) in [6.45, 7) is 0.508. The molecule has 1 aliphatic heterocycles. The van der Waals surface area contributed by atoms with Crippen LogP contribution in [-0.4, -0.2) is 23.7 Å². The smallest absolute Gasteiger partial charge is 0.303 e. The SMILES string of the molecule is O=C(O)CCC1COc2c(ccc3ccccc23)N1. The molecule has 1 aliphatic rings. The fourth-order valence-electron chi connectivity index (χ4n) is 2.41. The van der Waals surface area contributed by atoms with Crippen LogP contribution >= 0.6 is 0 Å². The molecule has 98 valence electrons. The lowest BCUT2D eigenvalue weighted by Crippen LogP contribution is -2.31. The minimum absolute atomic E-state index is 0.0600. The number of carboxylic acid groups (broad SMARTS) is 1. The Bertz CT molecular complexity index is 624. The van der Waals surface area contributed by atoms with E-state index < -0.39 is 5.97 Å². The Morgan fingerprint density at radius 2 is 2.16 bits per heavy atom. The fraction of sp³-hybridized carbons (Fsp3) is 0.267. The Kier molecular flexibility index (Phi) is 2.99. The van der Waals surface area contributed by atoms with E-state index in [9.17, 15) is 4.79 Å². The van der Waals surface area contributed by atoms with Gasteiger partial charge in [0.1, 0.15) is 12.4 Å². The molecule has 1 atom stereocenters. The predicted molar refractivity (Wildman–Crippen MR) is 73.7 cm³/mol. The van der Waals surface area contributed by atoms with E-state index in [2.05, 4.69) is 11.4 Å². The van der Waals surface area contributed by atoms with Gasteiger partial charge in [0.25, 0.3) is 0 Å². The average molecular weight is 257 g/mol. The van der Waals surface area contributed by atoms with Crippen LogP contribution in [0, 0.1) is 0 Å². The molecule has 0 aromatic heterocycles. The summed E-state index contributed by atoms with van der Waals surface area (Å²) < 4.78 is 5.83. The van der Waals surface area contributed by atoms with Gasteiger partial charge in [0.2, 0.25) is 0 Å². The first-order chi connectivity index (χ1) is 9.24. The molecule has 0 fully saturated rings. The lowest BCUT2D eigenvalue weighted by Gasteiger charge is -2.28. The molecule has 0 amide bonds. The van der Waals surface area contributed by atoms with Gasteiger partial charge in [-0.1, -0.05) is 30.3 Å². The zero-order valence-corrected chi connectivity index (χ0v) is 10.4. The molecular weight excluding hydrogens is 242 g/mol. The standard InChI is InChI=1S/C15H15NO3/c17-14(18)8-6-11-9-19-15-12-4-2-1-3-10(12)5-7-13(15)16-11/h1-5,7,11,16H,6,8-9H2,(H,17,18). The second kappa shape index (κ2) is 4.80.